The molecule has 3 heteroatoms. The lowest BCUT2D eigenvalue weighted by Crippen LogP contribution is -2.39. The summed E-state index contributed by atoms with van der Waals surface area (Å²) in [5.74, 6) is 0. The van der Waals surface area contributed by atoms with Gasteiger partial charge in [-0.25, -0.2) is 0 Å². The van der Waals surface area contributed by atoms with Gasteiger partial charge in [-0.3, -0.25) is 0 Å². The summed E-state index contributed by atoms with van der Waals surface area (Å²) in [7, 11) is 0. The van der Waals surface area contributed by atoms with E-state index in [0.717, 1.165) is 5.57 Å². The van der Waals surface area contributed by atoms with E-state index in [1.807, 2.05) is 6.92 Å². The predicted molar refractivity (Wildman–Crippen MR) is 36.4 cm³/mol. The van der Waals surface area contributed by atoms with Gasteiger partial charge in [0, 0.05) is 0 Å². The van der Waals surface area contributed by atoms with Crippen LogP contribution in [-0.2, 0) is 0 Å². The second-order valence-electron chi connectivity index (χ2n) is 2.77. The van der Waals surface area contributed by atoms with Crippen molar-refractivity contribution >= 4 is 0 Å². The maximum Gasteiger partial charge on any atom is 0.110 e. The topological polar surface area (TPSA) is 60.7 Å². The Balaban J connectivity index is 2.69. The molecule has 0 bridgehead atoms. The van der Waals surface area contributed by atoms with E-state index in [2.05, 4.69) is 0 Å². The van der Waals surface area contributed by atoms with Gasteiger partial charge in [0.25, 0.3) is 0 Å². The lowest BCUT2D eigenvalue weighted by atomic mass is 9.93. The Morgan fingerprint density at radius 3 is 2.50 bits per heavy atom. The van der Waals surface area contributed by atoms with Gasteiger partial charge >= 0.3 is 0 Å². The van der Waals surface area contributed by atoms with Crippen molar-refractivity contribution in [2.24, 2.45) is 0 Å². The molecule has 0 spiro atoms. The molecule has 0 aromatic heterocycles. The van der Waals surface area contributed by atoms with Crippen molar-refractivity contribution < 1.29 is 15.3 Å². The fraction of sp³-hybridized carbons (Fsp3) is 0.714. The first-order valence-corrected chi connectivity index (χ1v) is 3.33. The van der Waals surface area contributed by atoms with Crippen LogP contribution < -0.4 is 0 Å². The van der Waals surface area contributed by atoms with Gasteiger partial charge in [-0.2, -0.15) is 0 Å². The van der Waals surface area contributed by atoms with Crippen LogP contribution in [-0.4, -0.2) is 33.6 Å². The number of hydrogen-bond acceptors (Lipinski definition) is 3. The molecule has 3 atom stereocenters. The summed E-state index contributed by atoms with van der Waals surface area (Å²) in [4.78, 5) is 0. The van der Waals surface area contributed by atoms with Gasteiger partial charge in [-0.1, -0.05) is 11.6 Å². The third-order valence-corrected chi connectivity index (χ3v) is 1.73. The highest BCUT2D eigenvalue weighted by Crippen LogP contribution is 2.18. The zero-order valence-corrected chi connectivity index (χ0v) is 5.86. The molecule has 0 aromatic carbocycles. The molecule has 0 unspecified atom stereocenters. The van der Waals surface area contributed by atoms with E-state index >= 15 is 0 Å². The van der Waals surface area contributed by atoms with Gasteiger partial charge in [0.2, 0.25) is 0 Å². The number of rotatable bonds is 0. The fourth-order valence-corrected chi connectivity index (χ4v) is 1.14. The molecule has 0 fully saturated rings. The second kappa shape index (κ2) is 2.70. The summed E-state index contributed by atoms with van der Waals surface area (Å²) in [5, 5.41) is 27.1. The van der Waals surface area contributed by atoms with Crippen LogP contribution in [0.5, 0.6) is 0 Å². The standard InChI is InChI=1S/C7H12O3/c1-4-2-5(8)7(10)6(9)3-4/h2,5-10H,3H2,1H3/t5-,6-,7-/m1/s1. The van der Waals surface area contributed by atoms with Gasteiger partial charge in [-0.15, -0.1) is 0 Å². The molecule has 3 nitrogen and oxygen atoms in total. The van der Waals surface area contributed by atoms with E-state index in [9.17, 15) is 0 Å². The maximum absolute atomic E-state index is 9.07. The molecule has 0 amide bonds. The quantitative estimate of drug-likeness (QED) is 0.398. The van der Waals surface area contributed by atoms with E-state index in [0.29, 0.717) is 6.42 Å². The van der Waals surface area contributed by atoms with Crippen molar-refractivity contribution in [1.82, 2.24) is 0 Å². The van der Waals surface area contributed by atoms with Crippen molar-refractivity contribution in [3.8, 4) is 0 Å². The SMILES string of the molecule is CC1=C[C@@H](O)[C@@H](O)[C@H](O)C1. The first kappa shape index (κ1) is 7.72. The molecule has 58 valence electrons. The molecule has 0 radical (unpaired) electrons. The van der Waals surface area contributed by atoms with Crippen LogP contribution in [0.4, 0.5) is 0 Å². The molecule has 1 aliphatic rings. The van der Waals surface area contributed by atoms with Crippen molar-refractivity contribution in [3.05, 3.63) is 11.6 Å². The summed E-state index contributed by atoms with van der Waals surface area (Å²) in [6, 6.07) is 0. The zero-order valence-electron chi connectivity index (χ0n) is 5.86. The van der Waals surface area contributed by atoms with E-state index in [1.54, 1.807) is 6.08 Å². The fourth-order valence-electron chi connectivity index (χ4n) is 1.14. The largest absolute Gasteiger partial charge is 0.390 e. The molecule has 0 heterocycles. The highest BCUT2D eigenvalue weighted by molar-refractivity contribution is 5.11. The summed E-state index contributed by atoms with van der Waals surface area (Å²) in [5.41, 5.74) is 0.922. The normalized spacial score (nSPS) is 41.2. The Morgan fingerprint density at radius 2 is 2.00 bits per heavy atom. The third-order valence-electron chi connectivity index (χ3n) is 1.73. The summed E-state index contributed by atoms with van der Waals surface area (Å²) in [6.07, 6.45) is -0.692. The van der Waals surface area contributed by atoms with Crippen molar-refractivity contribution in [3.63, 3.8) is 0 Å². The van der Waals surface area contributed by atoms with Crippen molar-refractivity contribution in [2.75, 3.05) is 0 Å². The average molecular weight is 144 g/mol. The van der Waals surface area contributed by atoms with Crippen LogP contribution in [0.1, 0.15) is 13.3 Å². The van der Waals surface area contributed by atoms with Crippen LogP contribution in [0.2, 0.25) is 0 Å². The van der Waals surface area contributed by atoms with Crippen LogP contribution in [0.15, 0.2) is 11.6 Å². The highest BCUT2D eigenvalue weighted by atomic mass is 16.4. The predicted octanol–water partition coefficient (Wildman–Crippen LogP) is -0.581. The Hall–Kier alpha value is -0.380. The van der Waals surface area contributed by atoms with E-state index in [1.165, 1.54) is 0 Å². The molecule has 0 saturated heterocycles. The van der Waals surface area contributed by atoms with Gasteiger partial charge in [0.15, 0.2) is 0 Å². The average Bonchev–Trinajstić information content (AvgIpc) is 1.82. The first-order valence-electron chi connectivity index (χ1n) is 3.33. The van der Waals surface area contributed by atoms with Gasteiger partial charge in [0.05, 0.1) is 6.10 Å². The maximum atomic E-state index is 9.07. The Morgan fingerprint density at radius 1 is 1.40 bits per heavy atom. The molecule has 3 N–H and O–H groups in total. The number of aliphatic hydroxyl groups is 3. The van der Waals surface area contributed by atoms with Gasteiger partial charge < -0.3 is 15.3 Å². The minimum absolute atomic E-state index is 0.457. The Bertz CT molecular complexity index is 153. The molecule has 0 aromatic rings. The second-order valence-corrected chi connectivity index (χ2v) is 2.77. The minimum atomic E-state index is -1.01. The molecular weight excluding hydrogens is 132 g/mol. The molecule has 1 rings (SSSR count). The summed E-state index contributed by atoms with van der Waals surface area (Å²) >= 11 is 0. The van der Waals surface area contributed by atoms with E-state index in [-0.39, 0.29) is 0 Å². The third kappa shape index (κ3) is 1.37. The molecule has 0 saturated carbocycles. The summed E-state index contributed by atoms with van der Waals surface area (Å²) in [6.45, 7) is 1.82. The molecule has 1 aliphatic carbocycles. The highest BCUT2D eigenvalue weighted by Gasteiger charge is 2.27. The molecule has 10 heavy (non-hydrogen) atoms. The lowest BCUT2D eigenvalue weighted by Gasteiger charge is -2.26. The Kier molecular flexibility index (Phi) is 2.08. The van der Waals surface area contributed by atoms with Gasteiger partial charge in [-0.05, 0) is 13.3 Å². The van der Waals surface area contributed by atoms with E-state index in [4.69, 9.17) is 15.3 Å². The first-order chi connectivity index (χ1) is 4.61. The summed E-state index contributed by atoms with van der Waals surface area (Å²) < 4.78 is 0. The van der Waals surface area contributed by atoms with Crippen LogP contribution >= 0.6 is 0 Å². The van der Waals surface area contributed by atoms with Crippen LogP contribution in [0.3, 0.4) is 0 Å². The van der Waals surface area contributed by atoms with Crippen LogP contribution in [0.25, 0.3) is 0 Å². The monoisotopic (exact) mass is 144 g/mol. The van der Waals surface area contributed by atoms with E-state index < -0.39 is 18.3 Å². The minimum Gasteiger partial charge on any atom is -0.390 e. The van der Waals surface area contributed by atoms with Crippen LogP contribution in [0, 0.1) is 0 Å². The van der Waals surface area contributed by atoms with Crippen molar-refractivity contribution in [2.45, 2.75) is 31.7 Å². The Labute approximate surface area is 59.6 Å². The number of hydrogen-bond donors (Lipinski definition) is 3. The number of aliphatic hydroxyl groups excluding tert-OH is 3. The smallest absolute Gasteiger partial charge is 0.110 e. The lowest BCUT2D eigenvalue weighted by molar-refractivity contribution is -0.0473. The molecular formula is C7H12O3. The zero-order chi connectivity index (χ0) is 7.72. The molecule has 0 aliphatic heterocycles. The van der Waals surface area contributed by atoms with Gasteiger partial charge in [0.1, 0.15) is 12.2 Å². The van der Waals surface area contributed by atoms with Crippen molar-refractivity contribution in [1.29, 1.82) is 0 Å².